The zero-order chi connectivity index (χ0) is 18.0. The van der Waals surface area contributed by atoms with E-state index in [1.54, 1.807) is 6.20 Å². The summed E-state index contributed by atoms with van der Waals surface area (Å²) in [7, 11) is 0. The first-order valence-corrected chi connectivity index (χ1v) is 9.97. The van der Waals surface area contributed by atoms with Crippen LogP contribution >= 0.6 is 12.4 Å². The number of piperidine rings is 2. The first-order valence-electron chi connectivity index (χ1n) is 9.97. The Morgan fingerprint density at radius 1 is 1.22 bits per heavy atom. The molecule has 8 heteroatoms. The van der Waals surface area contributed by atoms with Crippen molar-refractivity contribution in [2.45, 2.75) is 44.1 Å². The van der Waals surface area contributed by atoms with Gasteiger partial charge >= 0.3 is 0 Å². The molecular weight excluding hydrogens is 366 g/mol. The lowest BCUT2D eigenvalue weighted by molar-refractivity contribution is -0.146. The molecule has 150 valence electrons. The largest absolute Gasteiger partial charge is 0.356 e. The van der Waals surface area contributed by atoms with E-state index in [2.05, 4.69) is 15.7 Å². The molecule has 7 nitrogen and oxygen atoms in total. The first-order chi connectivity index (χ1) is 12.7. The van der Waals surface area contributed by atoms with Crippen LogP contribution in [0.25, 0.3) is 0 Å². The van der Waals surface area contributed by atoms with Crippen molar-refractivity contribution in [2.24, 2.45) is 11.8 Å². The van der Waals surface area contributed by atoms with Crippen LogP contribution in [-0.4, -0.2) is 59.2 Å². The smallest absolute Gasteiger partial charge is 0.250 e. The molecule has 2 saturated heterocycles. The molecule has 1 saturated carbocycles. The molecule has 1 aliphatic carbocycles. The maximum absolute atomic E-state index is 13.5. The quantitative estimate of drug-likeness (QED) is 0.783. The fourth-order valence-corrected chi connectivity index (χ4v) is 4.28. The highest BCUT2D eigenvalue weighted by atomic mass is 35.5. The lowest BCUT2D eigenvalue weighted by Crippen LogP contribution is -2.58. The SMILES string of the molecule is Cl.O=C(NCC1CC1)C1CCCN(C(=O)C2(n3cccn3)CCNCC2)C1. The topological polar surface area (TPSA) is 79.3 Å². The van der Waals surface area contributed by atoms with Crippen LogP contribution in [-0.2, 0) is 15.1 Å². The molecule has 0 spiro atoms. The van der Waals surface area contributed by atoms with Crippen molar-refractivity contribution in [3.05, 3.63) is 18.5 Å². The van der Waals surface area contributed by atoms with Gasteiger partial charge in [-0.25, -0.2) is 0 Å². The standard InChI is InChI=1S/C19H29N5O2.ClH/c25-17(21-13-15-4-5-15)16-3-1-11-23(14-16)18(26)19(6-9-20-10-7-19)24-12-2-8-22-24;/h2,8,12,15-16,20H,1,3-7,9-11,13-14H2,(H,21,25);1H. The minimum atomic E-state index is -0.610. The molecule has 0 radical (unpaired) electrons. The molecule has 2 amide bonds. The van der Waals surface area contributed by atoms with Crippen LogP contribution in [0, 0.1) is 11.8 Å². The normalized spacial score (nSPS) is 24.7. The third kappa shape index (κ3) is 4.29. The lowest BCUT2D eigenvalue weighted by atomic mass is 9.85. The number of nitrogens with one attached hydrogen (secondary N) is 2. The van der Waals surface area contributed by atoms with Crippen molar-refractivity contribution in [1.29, 1.82) is 0 Å². The Balaban J connectivity index is 0.00000210. The van der Waals surface area contributed by atoms with Gasteiger partial charge in [-0.2, -0.15) is 5.10 Å². The highest BCUT2D eigenvalue weighted by Gasteiger charge is 2.45. The summed E-state index contributed by atoms with van der Waals surface area (Å²) in [4.78, 5) is 27.9. The summed E-state index contributed by atoms with van der Waals surface area (Å²) in [5, 5.41) is 10.8. The van der Waals surface area contributed by atoms with Gasteiger partial charge in [0.1, 0.15) is 5.54 Å². The molecule has 1 aromatic rings. The monoisotopic (exact) mass is 395 g/mol. The zero-order valence-corrected chi connectivity index (χ0v) is 16.5. The van der Waals surface area contributed by atoms with Gasteiger partial charge in [0.05, 0.1) is 5.92 Å². The molecule has 4 rings (SSSR count). The Morgan fingerprint density at radius 2 is 2.00 bits per heavy atom. The summed E-state index contributed by atoms with van der Waals surface area (Å²) < 4.78 is 1.84. The second-order valence-electron chi connectivity index (χ2n) is 8.01. The summed E-state index contributed by atoms with van der Waals surface area (Å²) in [6, 6.07) is 1.88. The number of likely N-dealkylation sites (tertiary alicyclic amines) is 1. The molecule has 27 heavy (non-hydrogen) atoms. The maximum Gasteiger partial charge on any atom is 0.250 e. The van der Waals surface area contributed by atoms with Gasteiger partial charge in [0, 0.05) is 32.0 Å². The van der Waals surface area contributed by atoms with Crippen LogP contribution < -0.4 is 10.6 Å². The first kappa shape index (κ1) is 20.1. The van der Waals surface area contributed by atoms with Gasteiger partial charge < -0.3 is 15.5 Å². The van der Waals surface area contributed by atoms with E-state index in [0.717, 1.165) is 51.9 Å². The number of hydrogen-bond donors (Lipinski definition) is 2. The Labute approximate surface area is 166 Å². The van der Waals surface area contributed by atoms with Crippen LogP contribution in [0.3, 0.4) is 0 Å². The summed E-state index contributed by atoms with van der Waals surface area (Å²) in [5.74, 6) is 0.844. The van der Waals surface area contributed by atoms with E-state index in [4.69, 9.17) is 0 Å². The van der Waals surface area contributed by atoms with Crippen LogP contribution in [0.15, 0.2) is 18.5 Å². The molecule has 3 aliphatic rings. The number of carbonyl (C=O) groups excluding carboxylic acids is 2. The van der Waals surface area contributed by atoms with Gasteiger partial charge in [-0.15, -0.1) is 12.4 Å². The average molecular weight is 396 g/mol. The fourth-order valence-electron chi connectivity index (χ4n) is 4.28. The van der Waals surface area contributed by atoms with Crippen molar-refractivity contribution in [3.8, 4) is 0 Å². The maximum atomic E-state index is 13.5. The minimum absolute atomic E-state index is 0. The van der Waals surface area contributed by atoms with Crippen LogP contribution in [0.4, 0.5) is 0 Å². The molecule has 0 aromatic carbocycles. The fraction of sp³-hybridized carbons (Fsp3) is 0.737. The third-order valence-corrected chi connectivity index (χ3v) is 6.11. The Kier molecular flexibility index (Phi) is 6.42. The van der Waals surface area contributed by atoms with Gasteiger partial charge in [-0.1, -0.05) is 0 Å². The third-order valence-electron chi connectivity index (χ3n) is 6.11. The molecule has 0 bridgehead atoms. The molecule has 1 atom stereocenters. The van der Waals surface area contributed by atoms with Crippen molar-refractivity contribution in [1.82, 2.24) is 25.3 Å². The minimum Gasteiger partial charge on any atom is -0.356 e. The summed E-state index contributed by atoms with van der Waals surface area (Å²) in [6.07, 6.45) is 9.34. The molecule has 3 fully saturated rings. The number of rotatable bonds is 5. The van der Waals surface area contributed by atoms with Gasteiger partial charge in [0.25, 0.3) is 5.91 Å². The second-order valence-corrected chi connectivity index (χ2v) is 8.01. The van der Waals surface area contributed by atoms with Crippen molar-refractivity contribution in [2.75, 3.05) is 32.7 Å². The average Bonchev–Trinajstić information content (AvgIpc) is 3.36. The predicted molar refractivity (Wildman–Crippen MR) is 105 cm³/mol. The van der Waals surface area contributed by atoms with E-state index < -0.39 is 5.54 Å². The van der Waals surface area contributed by atoms with E-state index in [1.165, 1.54) is 12.8 Å². The molecule has 2 aliphatic heterocycles. The lowest BCUT2D eigenvalue weighted by Gasteiger charge is -2.42. The highest BCUT2D eigenvalue weighted by Crippen LogP contribution is 2.32. The van der Waals surface area contributed by atoms with Crippen LogP contribution in [0.2, 0.25) is 0 Å². The summed E-state index contributed by atoms with van der Waals surface area (Å²) >= 11 is 0. The molecule has 1 unspecified atom stereocenters. The number of nitrogens with zero attached hydrogens (tertiary/aromatic N) is 3. The molecule has 1 aromatic heterocycles. The van der Waals surface area contributed by atoms with Gasteiger partial charge in [-0.05, 0) is 63.6 Å². The number of hydrogen-bond acceptors (Lipinski definition) is 4. The van der Waals surface area contributed by atoms with E-state index >= 15 is 0 Å². The highest BCUT2D eigenvalue weighted by molar-refractivity contribution is 5.86. The summed E-state index contributed by atoms with van der Waals surface area (Å²) in [6.45, 7) is 3.69. The Hall–Kier alpha value is -1.60. The molecular formula is C19H30ClN5O2. The van der Waals surface area contributed by atoms with E-state index in [0.29, 0.717) is 12.5 Å². The van der Waals surface area contributed by atoms with E-state index in [-0.39, 0.29) is 30.1 Å². The van der Waals surface area contributed by atoms with Crippen molar-refractivity contribution >= 4 is 24.2 Å². The number of halogens is 1. The second kappa shape index (κ2) is 8.61. The molecule has 2 N–H and O–H groups in total. The zero-order valence-electron chi connectivity index (χ0n) is 15.7. The van der Waals surface area contributed by atoms with Crippen molar-refractivity contribution < 1.29 is 9.59 Å². The Morgan fingerprint density at radius 3 is 2.67 bits per heavy atom. The Bertz CT molecular complexity index is 641. The van der Waals surface area contributed by atoms with Gasteiger partial charge in [-0.3, -0.25) is 14.3 Å². The van der Waals surface area contributed by atoms with E-state index in [9.17, 15) is 9.59 Å². The van der Waals surface area contributed by atoms with Gasteiger partial charge in [0.2, 0.25) is 5.91 Å². The number of carbonyl (C=O) groups is 2. The van der Waals surface area contributed by atoms with E-state index in [1.807, 2.05) is 21.8 Å². The summed E-state index contributed by atoms with van der Waals surface area (Å²) in [5.41, 5.74) is -0.610. The van der Waals surface area contributed by atoms with Crippen LogP contribution in [0.5, 0.6) is 0 Å². The number of aromatic nitrogens is 2. The van der Waals surface area contributed by atoms with Gasteiger partial charge in [0.15, 0.2) is 0 Å². The number of amides is 2. The molecule has 3 heterocycles. The van der Waals surface area contributed by atoms with Crippen LogP contribution in [0.1, 0.15) is 38.5 Å². The predicted octanol–water partition coefficient (Wildman–Crippen LogP) is 1.15. The van der Waals surface area contributed by atoms with Crippen molar-refractivity contribution in [3.63, 3.8) is 0 Å².